The number of halogens is 1. The molecule has 0 spiro atoms. The fraction of sp³-hybridized carbons (Fsp3) is 0.412. The van der Waals surface area contributed by atoms with Gasteiger partial charge >= 0.3 is 0 Å². The largest absolute Gasteiger partial charge is 0.468 e. The number of nitrogens with one attached hydrogen (secondary N) is 1. The third-order valence-electron chi connectivity index (χ3n) is 3.75. The number of nitrogens with zero attached hydrogens (tertiary/aromatic N) is 1. The molecule has 3 rings (SSSR count). The van der Waals surface area contributed by atoms with Gasteiger partial charge in [-0.15, -0.1) is 0 Å². The predicted octanol–water partition coefficient (Wildman–Crippen LogP) is 3.82. The van der Waals surface area contributed by atoms with Crippen LogP contribution in [-0.2, 0) is 19.6 Å². The van der Waals surface area contributed by atoms with Crippen LogP contribution < -0.4 is 5.32 Å². The number of rotatable bonds is 7. The SMILES string of the molecule is CN(Cc1cccc(Cl)c1)Cc1ccoc1CNC1CC1. The Balaban J connectivity index is 1.56. The highest BCUT2D eigenvalue weighted by Crippen LogP contribution is 2.21. The van der Waals surface area contributed by atoms with Gasteiger partial charge in [0, 0.05) is 29.7 Å². The maximum Gasteiger partial charge on any atom is 0.122 e. The maximum absolute atomic E-state index is 6.03. The second kappa shape index (κ2) is 6.65. The van der Waals surface area contributed by atoms with Gasteiger partial charge in [0.15, 0.2) is 0 Å². The number of hydrogen-bond donors (Lipinski definition) is 1. The summed E-state index contributed by atoms with van der Waals surface area (Å²) >= 11 is 6.03. The molecule has 21 heavy (non-hydrogen) atoms. The second-order valence-corrected chi connectivity index (χ2v) is 6.26. The molecule has 0 atom stereocenters. The van der Waals surface area contributed by atoms with Crippen LogP contribution in [0.2, 0.25) is 5.02 Å². The van der Waals surface area contributed by atoms with E-state index in [0.717, 1.165) is 30.4 Å². The number of hydrogen-bond acceptors (Lipinski definition) is 3. The normalized spacial score (nSPS) is 14.8. The minimum absolute atomic E-state index is 0.701. The molecule has 1 N–H and O–H groups in total. The molecule has 1 aliphatic rings. The summed E-state index contributed by atoms with van der Waals surface area (Å²) in [6.45, 7) is 2.59. The summed E-state index contributed by atoms with van der Waals surface area (Å²) < 4.78 is 5.60. The molecule has 1 aromatic carbocycles. The van der Waals surface area contributed by atoms with E-state index < -0.39 is 0 Å². The highest BCUT2D eigenvalue weighted by Gasteiger charge is 2.21. The standard InChI is InChI=1S/C17H21ClN2O/c1-20(11-13-3-2-4-15(18)9-13)12-14-7-8-21-17(14)10-19-16-5-6-16/h2-4,7-9,16,19H,5-6,10-12H2,1H3. The maximum atomic E-state index is 6.03. The van der Waals surface area contributed by atoms with E-state index in [1.54, 1.807) is 6.26 Å². The molecular formula is C17H21ClN2O. The Hall–Kier alpha value is -1.29. The summed E-state index contributed by atoms with van der Waals surface area (Å²) in [7, 11) is 2.12. The van der Waals surface area contributed by atoms with E-state index in [9.17, 15) is 0 Å². The zero-order valence-electron chi connectivity index (χ0n) is 12.3. The van der Waals surface area contributed by atoms with E-state index in [4.69, 9.17) is 16.0 Å². The Kier molecular flexibility index (Phi) is 4.63. The highest BCUT2D eigenvalue weighted by molar-refractivity contribution is 6.30. The second-order valence-electron chi connectivity index (χ2n) is 5.83. The van der Waals surface area contributed by atoms with E-state index in [1.807, 2.05) is 18.2 Å². The van der Waals surface area contributed by atoms with Crippen molar-refractivity contribution < 1.29 is 4.42 Å². The van der Waals surface area contributed by atoms with Gasteiger partial charge in [0.25, 0.3) is 0 Å². The van der Waals surface area contributed by atoms with Gasteiger partial charge in [-0.1, -0.05) is 23.7 Å². The van der Waals surface area contributed by atoms with Crippen molar-refractivity contribution in [2.45, 2.75) is 38.5 Å². The third-order valence-corrected chi connectivity index (χ3v) is 3.98. The van der Waals surface area contributed by atoms with Crippen molar-refractivity contribution >= 4 is 11.6 Å². The third kappa shape index (κ3) is 4.34. The molecule has 3 nitrogen and oxygen atoms in total. The van der Waals surface area contributed by atoms with Crippen LogP contribution in [0.4, 0.5) is 0 Å². The predicted molar refractivity (Wildman–Crippen MR) is 85.2 cm³/mol. The topological polar surface area (TPSA) is 28.4 Å². The first-order valence-electron chi connectivity index (χ1n) is 7.42. The summed E-state index contributed by atoms with van der Waals surface area (Å²) in [6, 6.07) is 10.8. The Bertz CT molecular complexity index is 592. The zero-order valence-corrected chi connectivity index (χ0v) is 13.1. The van der Waals surface area contributed by atoms with Gasteiger partial charge in [-0.25, -0.2) is 0 Å². The zero-order chi connectivity index (χ0) is 14.7. The molecule has 1 saturated carbocycles. The lowest BCUT2D eigenvalue weighted by molar-refractivity contribution is 0.314. The van der Waals surface area contributed by atoms with Crippen LogP contribution in [0.3, 0.4) is 0 Å². The first kappa shape index (κ1) is 14.6. The van der Waals surface area contributed by atoms with Crippen LogP contribution in [0.5, 0.6) is 0 Å². The van der Waals surface area contributed by atoms with Crippen molar-refractivity contribution in [3.63, 3.8) is 0 Å². The monoisotopic (exact) mass is 304 g/mol. The fourth-order valence-electron chi connectivity index (χ4n) is 2.48. The van der Waals surface area contributed by atoms with E-state index in [1.165, 1.54) is 24.0 Å². The molecule has 0 bridgehead atoms. The Morgan fingerprint density at radius 3 is 2.90 bits per heavy atom. The van der Waals surface area contributed by atoms with Crippen molar-refractivity contribution in [2.75, 3.05) is 7.05 Å². The molecule has 4 heteroatoms. The quantitative estimate of drug-likeness (QED) is 0.843. The Morgan fingerprint density at radius 2 is 2.14 bits per heavy atom. The van der Waals surface area contributed by atoms with Crippen LogP contribution in [0.1, 0.15) is 29.7 Å². The molecule has 112 valence electrons. The summed E-state index contributed by atoms with van der Waals surface area (Å²) in [5.74, 6) is 1.06. The van der Waals surface area contributed by atoms with Crippen LogP contribution >= 0.6 is 11.6 Å². The summed E-state index contributed by atoms with van der Waals surface area (Å²) in [4.78, 5) is 2.27. The molecule has 0 unspecified atom stereocenters. The smallest absolute Gasteiger partial charge is 0.122 e. The molecule has 0 radical (unpaired) electrons. The summed E-state index contributed by atoms with van der Waals surface area (Å²) in [6.07, 6.45) is 4.38. The van der Waals surface area contributed by atoms with Crippen molar-refractivity contribution in [3.05, 3.63) is 58.5 Å². The lowest BCUT2D eigenvalue weighted by atomic mass is 10.2. The highest BCUT2D eigenvalue weighted by atomic mass is 35.5. The molecule has 1 aliphatic carbocycles. The van der Waals surface area contributed by atoms with Gasteiger partial charge in [-0.3, -0.25) is 4.90 Å². The molecule has 1 heterocycles. The average Bonchev–Trinajstić information content (AvgIpc) is 3.17. The molecule has 0 amide bonds. The van der Waals surface area contributed by atoms with Gasteiger partial charge in [0.2, 0.25) is 0 Å². The molecular weight excluding hydrogens is 284 g/mol. The number of benzene rings is 1. The van der Waals surface area contributed by atoms with E-state index in [2.05, 4.69) is 29.4 Å². The van der Waals surface area contributed by atoms with E-state index >= 15 is 0 Å². The summed E-state index contributed by atoms with van der Waals surface area (Å²) in [5, 5.41) is 4.29. The molecule has 2 aromatic rings. The first-order valence-corrected chi connectivity index (χ1v) is 7.80. The average molecular weight is 305 g/mol. The Labute approximate surface area is 130 Å². The Morgan fingerprint density at radius 1 is 1.29 bits per heavy atom. The van der Waals surface area contributed by atoms with Crippen molar-refractivity contribution in [2.24, 2.45) is 0 Å². The van der Waals surface area contributed by atoms with Crippen molar-refractivity contribution in [3.8, 4) is 0 Å². The lowest BCUT2D eigenvalue weighted by Crippen LogP contribution is -2.20. The number of furan rings is 1. The van der Waals surface area contributed by atoms with Gasteiger partial charge in [-0.05, 0) is 43.7 Å². The van der Waals surface area contributed by atoms with Crippen molar-refractivity contribution in [1.29, 1.82) is 0 Å². The van der Waals surface area contributed by atoms with Gasteiger partial charge in [0.1, 0.15) is 5.76 Å². The molecule has 0 saturated heterocycles. The van der Waals surface area contributed by atoms with E-state index in [-0.39, 0.29) is 0 Å². The minimum atomic E-state index is 0.701. The van der Waals surface area contributed by atoms with Crippen LogP contribution in [0.25, 0.3) is 0 Å². The first-order chi connectivity index (χ1) is 10.2. The van der Waals surface area contributed by atoms with Crippen LogP contribution in [0.15, 0.2) is 41.0 Å². The van der Waals surface area contributed by atoms with Gasteiger partial charge in [0.05, 0.1) is 12.8 Å². The molecule has 1 fully saturated rings. The fourth-order valence-corrected chi connectivity index (χ4v) is 2.69. The van der Waals surface area contributed by atoms with Crippen LogP contribution in [0, 0.1) is 0 Å². The van der Waals surface area contributed by atoms with Gasteiger partial charge in [-0.2, -0.15) is 0 Å². The van der Waals surface area contributed by atoms with Crippen LogP contribution in [-0.4, -0.2) is 18.0 Å². The summed E-state index contributed by atoms with van der Waals surface area (Å²) in [5.41, 5.74) is 2.49. The molecule has 0 aliphatic heterocycles. The van der Waals surface area contributed by atoms with Crippen molar-refractivity contribution in [1.82, 2.24) is 10.2 Å². The molecule has 1 aromatic heterocycles. The lowest BCUT2D eigenvalue weighted by Gasteiger charge is -2.17. The van der Waals surface area contributed by atoms with Gasteiger partial charge < -0.3 is 9.73 Å². The van der Waals surface area contributed by atoms with E-state index in [0.29, 0.717) is 6.04 Å². The minimum Gasteiger partial charge on any atom is -0.468 e.